The number of anilines is 3. The smallest absolute Gasteiger partial charge is 0.230 e. The Labute approximate surface area is 129 Å². The van der Waals surface area contributed by atoms with Crippen LogP contribution in [0.5, 0.6) is 0 Å². The normalized spacial score (nSPS) is 20.6. The maximum Gasteiger partial charge on any atom is 0.230 e. The number of benzene rings is 1. The van der Waals surface area contributed by atoms with Gasteiger partial charge in [-0.1, -0.05) is 18.2 Å². The second-order valence-corrected chi connectivity index (χ2v) is 5.52. The summed E-state index contributed by atoms with van der Waals surface area (Å²) in [5.41, 5.74) is 1.60. The first-order valence-electron chi connectivity index (χ1n) is 7.49. The van der Waals surface area contributed by atoms with Crippen LogP contribution < -0.4 is 10.6 Å². The number of carbonyl (C=O) groups excluding carboxylic acids is 1. The van der Waals surface area contributed by atoms with E-state index in [9.17, 15) is 9.90 Å². The van der Waals surface area contributed by atoms with Gasteiger partial charge in [-0.2, -0.15) is 0 Å². The molecule has 1 saturated carbocycles. The van der Waals surface area contributed by atoms with E-state index < -0.39 is 6.10 Å². The summed E-state index contributed by atoms with van der Waals surface area (Å²) in [7, 11) is 0. The Balaban J connectivity index is 1.61. The minimum absolute atomic E-state index is 0.129. The zero-order valence-corrected chi connectivity index (χ0v) is 12.2. The van der Waals surface area contributed by atoms with Gasteiger partial charge in [0.15, 0.2) is 0 Å². The molecule has 5 nitrogen and oxygen atoms in total. The van der Waals surface area contributed by atoms with E-state index in [2.05, 4.69) is 15.6 Å². The standard InChI is InChI=1S/C17H19N3O2/c21-15-8-4-7-14(15)17(22)20-13-9-10-16(18-11-13)19-12-5-2-1-3-6-12/h1-3,5-6,9-11,14-15,21H,4,7-8H2,(H,18,19)(H,20,22). The van der Waals surface area contributed by atoms with Gasteiger partial charge in [-0.05, 0) is 43.5 Å². The molecule has 1 heterocycles. The first-order chi connectivity index (χ1) is 10.7. The quantitative estimate of drug-likeness (QED) is 0.811. The van der Waals surface area contributed by atoms with E-state index in [1.807, 2.05) is 36.4 Å². The van der Waals surface area contributed by atoms with Crippen LogP contribution >= 0.6 is 0 Å². The number of aromatic nitrogens is 1. The lowest BCUT2D eigenvalue weighted by Crippen LogP contribution is -2.28. The molecule has 22 heavy (non-hydrogen) atoms. The topological polar surface area (TPSA) is 74.2 Å². The van der Waals surface area contributed by atoms with Crippen molar-refractivity contribution >= 4 is 23.1 Å². The fraction of sp³-hybridized carbons (Fsp3) is 0.294. The van der Waals surface area contributed by atoms with Gasteiger partial charge in [-0.25, -0.2) is 4.98 Å². The summed E-state index contributed by atoms with van der Waals surface area (Å²) in [6, 6.07) is 13.4. The van der Waals surface area contributed by atoms with Crippen molar-refractivity contribution in [3.8, 4) is 0 Å². The van der Waals surface area contributed by atoms with Crippen LogP contribution in [0.1, 0.15) is 19.3 Å². The third-order valence-corrected chi connectivity index (χ3v) is 3.89. The van der Waals surface area contributed by atoms with Gasteiger partial charge in [-0.15, -0.1) is 0 Å². The highest BCUT2D eigenvalue weighted by Gasteiger charge is 2.31. The highest BCUT2D eigenvalue weighted by Crippen LogP contribution is 2.26. The van der Waals surface area contributed by atoms with E-state index in [1.165, 1.54) is 0 Å². The van der Waals surface area contributed by atoms with Crippen LogP contribution in [0.25, 0.3) is 0 Å². The molecule has 0 saturated heterocycles. The number of para-hydroxylation sites is 1. The van der Waals surface area contributed by atoms with Crippen LogP contribution in [0.3, 0.4) is 0 Å². The zero-order chi connectivity index (χ0) is 15.4. The van der Waals surface area contributed by atoms with Crippen LogP contribution in [0.15, 0.2) is 48.7 Å². The summed E-state index contributed by atoms with van der Waals surface area (Å²) in [5, 5.41) is 15.8. The van der Waals surface area contributed by atoms with E-state index in [4.69, 9.17) is 0 Å². The van der Waals surface area contributed by atoms with E-state index in [1.54, 1.807) is 12.3 Å². The fourth-order valence-corrected chi connectivity index (χ4v) is 2.69. The van der Waals surface area contributed by atoms with Crippen molar-refractivity contribution < 1.29 is 9.90 Å². The SMILES string of the molecule is O=C(Nc1ccc(Nc2ccccc2)nc1)C1CCCC1O. The Hall–Kier alpha value is -2.40. The predicted octanol–water partition coefficient (Wildman–Crippen LogP) is 2.92. The number of aliphatic hydroxyl groups is 1. The molecule has 1 aromatic heterocycles. The van der Waals surface area contributed by atoms with E-state index in [0.29, 0.717) is 17.9 Å². The van der Waals surface area contributed by atoms with Gasteiger partial charge >= 0.3 is 0 Å². The van der Waals surface area contributed by atoms with Crippen molar-refractivity contribution in [2.75, 3.05) is 10.6 Å². The number of nitrogens with one attached hydrogen (secondary N) is 2. The number of carbonyl (C=O) groups is 1. The first-order valence-corrected chi connectivity index (χ1v) is 7.49. The lowest BCUT2D eigenvalue weighted by Gasteiger charge is -2.14. The number of aliphatic hydroxyl groups excluding tert-OH is 1. The molecular formula is C17H19N3O2. The van der Waals surface area contributed by atoms with Gasteiger partial charge in [0, 0.05) is 5.69 Å². The minimum atomic E-state index is -0.521. The average molecular weight is 297 g/mol. The van der Waals surface area contributed by atoms with Crippen molar-refractivity contribution in [1.82, 2.24) is 4.98 Å². The maximum absolute atomic E-state index is 12.1. The van der Waals surface area contributed by atoms with Crippen molar-refractivity contribution in [3.63, 3.8) is 0 Å². The summed E-state index contributed by atoms with van der Waals surface area (Å²) in [5.74, 6) is 0.280. The van der Waals surface area contributed by atoms with Crippen molar-refractivity contribution in [1.29, 1.82) is 0 Å². The van der Waals surface area contributed by atoms with E-state index >= 15 is 0 Å². The average Bonchev–Trinajstić information content (AvgIpc) is 2.96. The molecule has 1 aliphatic carbocycles. The molecular weight excluding hydrogens is 278 g/mol. The lowest BCUT2D eigenvalue weighted by atomic mass is 10.1. The molecule has 5 heteroatoms. The Kier molecular flexibility index (Phi) is 4.34. The number of pyridine rings is 1. The molecule has 3 rings (SSSR count). The van der Waals surface area contributed by atoms with Crippen LogP contribution in [-0.4, -0.2) is 22.1 Å². The van der Waals surface area contributed by atoms with Crippen molar-refractivity contribution in [2.24, 2.45) is 5.92 Å². The molecule has 0 bridgehead atoms. The molecule has 3 N–H and O–H groups in total. The van der Waals surface area contributed by atoms with E-state index in [-0.39, 0.29) is 11.8 Å². The summed E-state index contributed by atoms with van der Waals surface area (Å²) in [6.45, 7) is 0. The number of hydrogen-bond donors (Lipinski definition) is 3. The van der Waals surface area contributed by atoms with Crippen LogP contribution in [0.2, 0.25) is 0 Å². The van der Waals surface area contributed by atoms with E-state index in [0.717, 1.165) is 18.5 Å². The molecule has 1 aromatic carbocycles. The second-order valence-electron chi connectivity index (χ2n) is 5.52. The highest BCUT2D eigenvalue weighted by molar-refractivity contribution is 5.93. The largest absolute Gasteiger partial charge is 0.392 e. The third kappa shape index (κ3) is 3.43. The fourth-order valence-electron chi connectivity index (χ4n) is 2.69. The molecule has 2 aromatic rings. The molecule has 0 radical (unpaired) electrons. The van der Waals surface area contributed by atoms with Gasteiger partial charge in [-0.3, -0.25) is 4.79 Å². The molecule has 2 atom stereocenters. The molecule has 0 spiro atoms. The highest BCUT2D eigenvalue weighted by atomic mass is 16.3. The van der Waals surface area contributed by atoms with Gasteiger partial charge < -0.3 is 15.7 Å². The molecule has 0 aliphatic heterocycles. The van der Waals surface area contributed by atoms with Crippen LogP contribution in [0, 0.1) is 5.92 Å². The van der Waals surface area contributed by atoms with Crippen molar-refractivity contribution in [3.05, 3.63) is 48.7 Å². The number of nitrogens with zero attached hydrogens (tertiary/aromatic N) is 1. The summed E-state index contributed by atoms with van der Waals surface area (Å²) in [6.07, 6.45) is 3.44. The van der Waals surface area contributed by atoms with Crippen LogP contribution in [-0.2, 0) is 4.79 Å². The van der Waals surface area contributed by atoms with Crippen LogP contribution in [0.4, 0.5) is 17.2 Å². The van der Waals surface area contributed by atoms with Gasteiger partial charge in [0.1, 0.15) is 5.82 Å². The number of rotatable bonds is 4. The Morgan fingerprint density at radius 2 is 1.91 bits per heavy atom. The second kappa shape index (κ2) is 6.58. The molecule has 1 aliphatic rings. The maximum atomic E-state index is 12.1. The molecule has 1 amide bonds. The zero-order valence-electron chi connectivity index (χ0n) is 12.2. The lowest BCUT2D eigenvalue weighted by molar-refractivity contribution is -0.122. The minimum Gasteiger partial charge on any atom is -0.392 e. The Morgan fingerprint density at radius 1 is 1.09 bits per heavy atom. The van der Waals surface area contributed by atoms with Crippen molar-refractivity contribution in [2.45, 2.75) is 25.4 Å². The summed E-state index contributed by atoms with van der Waals surface area (Å²) < 4.78 is 0. The monoisotopic (exact) mass is 297 g/mol. The molecule has 114 valence electrons. The Morgan fingerprint density at radius 3 is 2.55 bits per heavy atom. The predicted molar refractivity (Wildman–Crippen MR) is 85.9 cm³/mol. The first kappa shape index (κ1) is 14.5. The number of hydrogen-bond acceptors (Lipinski definition) is 4. The Bertz CT molecular complexity index is 628. The van der Waals surface area contributed by atoms with Gasteiger partial charge in [0.25, 0.3) is 0 Å². The third-order valence-electron chi connectivity index (χ3n) is 3.89. The van der Waals surface area contributed by atoms with Gasteiger partial charge in [0.05, 0.1) is 23.9 Å². The summed E-state index contributed by atoms with van der Waals surface area (Å²) >= 11 is 0. The number of amides is 1. The molecule has 2 unspecified atom stereocenters. The molecule has 1 fully saturated rings. The summed E-state index contributed by atoms with van der Waals surface area (Å²) in [4.78, 5) is 16.4. The van der Waals surface area contributed by atoms with Gasteiger partial charge in [0.2, 0.25) is 5.91 Å².